The first-order valence-electron chi connectivity index (χ1n) is 4.14. The fourth-order valence-electron chi connectivity index (χ4n) is 1.19. The molecule has 1 rings (SSSR count). The van der Waals surface area contributed by atoms with Crippen LogP contribution in [0.1, 0.15) is 5.82 Å². The Morgan fingerprint density at radius 3 is 2.71 bits per heavy atom. The summed E-state index contributed by atoms with van der Waals surface area (Å²) in [4.78, 5) is 3.96. The molecule has 80 valence electrons. The van der Waals surface area contributed by atoms with Crippen molar-refractivity contribution >= 4 is 9.84 Å². The van der Waals surface area contributed by atoms with Crippen molar-refractivity contribution in [1.29, 1.82) is 0 Å². The van der Waals surface area contributed by atoms with Crippen LogP contribution in [0.25, 0.3) is 0 Å². The van der Waals surface area contributed by atoms with Crippen molar-refractivity contribution in [2.24, 2.45) is 12.8 Å². The van der Waals surface area contributed by atoms with E-state index in [-0.39, 0.29) is 5.75 Å². The van der Waals surface area contributed by atoms with Gasteiger partial charge in [-0.05, 0) is 0 Å². The van der Waals surface area contributed by atoms with Gasteiger partial charge in [-0.3, -0.25) is 4.68 Å². The number of sulfone groups is 1. The number of nitrogens with zero attached hydrogens (tertiary/aromatic N) is 3. The highest BCUT2D eigenvalue weighted by molar-refractivity contribution is 7.90. The average Bonchev–Trinajstić information content (AvgIpc) is 2.32. The second-order valence-corrected chi connectivity index (χ2v) is 5.54. The molecule has 7 heteroatoms. The van der Waals surface area contributed by atoms with Crippen molar-refractivity contribution in [2.45, 2.75) is 12.5 Å². The number of aryl methyl sites for hydroxylation is 1. The first-order chi connectivity index (χ1) is 6.38. The van der Waals surface area contributed by atoms with Crippen LogP contribution in [0.15, 0.2) is 6.33 Å². The minimum Gasteiger partial charge on any atom is -0.326 e. The van der Waals surface area contributed by atoms with Crippen molar-refractivity contribution in [3.8, 4) is 0 Å². The van der Waals surface area contributed by atoms with Gasteiger partial charge in [0.15, 0.2) is 0 Å². The van der Waals surface area contributed by atoms with E-state index in [1.54, 1.807) is 11.7 Å². The van der Waals surface area contributed by atoms with E-state index in [0.29, 0.717) is 12.2 Å². The molecule has 1 aromatic heterocycles. The minimum atomic E-state index is -3.02. The smallest absolute Gasteiger partial charge is 0.148 e. The monoisotopic (exact) mass is 218 g/mol. The maximum atomic E-state index is 10.9. The second-order valence-electron chi connectivity index (χ2n) is 3.36. The first-order valence-corrected chi connectivity index (χ1v) is 6.20. The molecule has 0 aliphatic rings. The van der Waals surface area contributed by atoms with E-state index in [0.717, 1.165) is 0 Å². The Morgan fingerprint density at radius 2 is 2.29 bits per heavy atom. The largest absolute Gasteiger partial charge is 0.326 e. The summed E-state index contributed by atoms with van der Waals surface area (Å²) in [5.41, 5.74) is 5.66. The molecule has 2 N–H and O–H groups in total. The molecule has 0 radical (unpaired) electrons. The second kappa shape index (κ2) is 4.05. The SMILES string of the molecule is Cn1ncnc1CC(N)CS(C)(=O)=O. The van der Waals surface area contributed by atoms with Gasteiger partial charge in [0.25, 0.3) is 0 Å². The number of hydrogen-bond acceptors (Lipinski definition) is 5. The zero-order valence-electron chi connectivity index (χ0n) is 8.21. The van der Waals surface area contributed by atoms with Gasteiger partial charge >= 0.3 is 0 Å². The molecule has 1 unspecified atom stereocenters. The van der Waals surface area contributed by atoms with Crippen LogP contribution in [0.3, 0.4) is 0 Å². The minimum absolute atomic E-state index is 0.0279. The molecular weight excluding hydrogens is 204 g/mol. The number of hydrogen-bond donors (Lipinski definition) is 1. The summed E-state index contributed by atoms with van der Waals surface area (Å²) in [6.07, 6.45) is 3.01. The highest BCUT2D eigenvalue weighted by atomic mass is 32.2. The van der Waals surface area contributed by atoms with Crippen molar-refractivity contribution in [3.63, 3.8) is 0 Å². The molecule has 0 saturated heterocycles. The Labute approximate surface area is 83.0 Å². The number of nitrogens with two attached hydrogens (primary N) is 1. The Balaban J connectivity index is 2.58. The van der Waals surface area contributed by atoms with Gasteiger partial charge < -0.3 is 5.73 Å². The van der Waals surface area contributed by atoms with E-state index in [9.17, 15) is 8.42 Å². The van der Waals surface area contributed by atoms with Gasteiger partial charge in [-0.25, -0.2) is 13.4 Å². The number of rotatable bonds is 4. The molecule has 0 bridgehead atoms. The predicted molar refractivity (Wildman–Crippen MR) is 52.4 cm³/mol. The van der Waals surface area contributed by atoms with Gasteiger partial charge in [0.2, 0.25) is 0 Å². The van der Waals surface area contributed by atoms with E-state index >= 15 is 0 Å². The van der Waals surface area contributed by atoms with Crippen molar-refractivity contribution in [2.75, 3.05) is 12.0 Å². The fraction of sp³-hybridized carbons (Fsp3) is 0.714. The molecule has 0 fully saturated rings. The van der Waals surface area contributed by atoms with E-state index in [1.807, 2.05) is 0 Å². The van der Waals surface area contributed by atoms with Crippen LogP contribution in [0.4, 0.5) is 0 Å². The summed E-state index contributed by atoms with van der Waals surface area (Å²) in [6.45, 7) is 0. The summed E-state index contributed by atoms with van der Waals surface area (Å²) in [6, 6.07) is -0.423. The Morgan fingerprint density at radius 1 is 1.64 bits per heavy atom. The maximum absolute atomic E-state index is 10.9. The molecule has 1 atom stereocenters. The van der Waals surface area contributed by atoms with Crippen molar-refractivity contribution < 1.29 is 8.42 Å². The van der Waals surface area contributed by atoms with Crippen LogP contribution in [0.2, 0.25) is 0 Å². The zero-order valence-corrected chi connectivity index (χ0v) is 9.03. The lowest BCUT2D eigenvalue weighted by molar-refractivity contribution is 0.584. The molecule has 0 spiro atoms. The molecule has 1 heterocycles. The lowest BCUT2D eigenvalue weighted by Crippen LogP contribution is -2.32. The Bertz CT molecular complexity index is 398. The van der Waals surface area contributed by atoms with Crippen LogP contribution < -0.4 is 5.73 Å². The van der Waals surface area contributed by atoms with Gasteiger partial charge in [-0.1, -0.05) is 0 Å². The highest BCUT2D eigenvalue weighted by Gasteiger charge is 2.13. The molecule has 0 aromatic carbocycles. The van der Waals surface area contributed by atoms with E-state index in [4.69, 9.17) is 5.73 Å². The predicted octanol–water partition coefficient (Wildman–Crippen LogP) is -1.27. The van der Waals surface area contributed by atoms with Gasteiger partial charge in [-0.2, -0.15) is 5.10 Å². The van der Waals surface area contributed by atoms with Crippen LogP contribution in [-0.4, -0.2) is 41.2 Å². The summed E-state index contributed by atoms with van der Waals surface area (Å²) in [7, 11) is -1.28. The average molecular weight is 218 g/mol. The van der Waals surface area contributed by atoms with E-state index in [2.05, 4.69) is 10.1 Å². The van der Waals surface area contributed by atoms with Gasteiger partial charge in [0.05, 0.1) is 5.75 Å². The van der Waals surface area contributed by atoms with E-state index < -0.39 is 15.9 Å². The maximum Gasteiger partial charge on any atom is 0.148 e. The lowest BCUT2D eigenvalue weighted by Gasteiger charge is -2.08. The van der Waals surface area contributed by atoms with Crippen molar-refractivity contribution in [1.82, 2.24) is 14.8 Å². The summed E-state index contributed by atoms with van der Waals surface area (Å²) in [5, 5.41) is 3.87. The normalized spacial score (nSPS) is 14.2. The molecule has 0 saturated carbocycles. The molecule has 0 amide bonds. The third kappa shape index (κ3) is 3.43. The summed E-state index contributed by atoms with van der Waals surface area (Å²) < 4.78 is 23.4. The van der Waals surface area contributed by atoms with Gasteiger partial charge in [0, 0.05) is 25.8 Å². The molecular formula is C7H14N4O2S. The lowest BCUT2D eigenvalue weighted by atomic mass is 10.2. The summed E-state index contributed by atoms with van der Waals surface area (Å²) in [5.74, 6) is 0.668. The van der Waals surface area contributed by atoms with Crippen LogP contribution in [0, 0.1) is 0 Å². The third-order valence-electron chi connectivity index (χ3n) is 1.77. The zero-order chi connectivity index (χ0) is 10.8. The van der Waals surface area contributed by atoms with Crippen LogP contribution in [0.5, 0.6) is 0 Å². The first kappa shape index (κ1) is 11.1. The fourth-order valence-corrected chi connectivity index (χ4v) is 2.08. The Kier molecular flexibility index (Phi) is 3.22. The standard InChI is InChI=1S/C7H14N4O2S/c1-11-7(9-5-10-11)3-6(8)4-14(2,12)13/h5-6H,3-4,8H2,1-2H3. The summed E-state index contributed by atoms with van der Waals surface area (Å²) >= 11 is 0. The topological polar surface area (TPSA) is 90.9 Å². The van der Waals surface area contributed by atoms with Gasteiger partial charge in [0.1, 0.15) is 22.0 Å². The highest BCUT2D eigenvalue weighted by Crippen LogP contribution is 1.98. The van der Waals surface area contributed by atoms with E-state index in [1.165, 1.54) is 12.6 Å². The molecule has 6 nitrogen and oxygen atoms in total. The van der Waals surface area contributed by atoms with Crippen molar-refractivity contribution in [3.05, 3.63) is 12.2 Å². The Hall–Kier alpha value is -0.950. The molecule has 1 aromatic rings. The molecule has 0 aliphatic carbocycles. The quantitative estimate of drug-likeness (QED) is 0.680. The van der Waals surface area contributed by atoms with Crippen LogP contribution in [-0.2, 0) is 23.3 Å². The van der Waals surface area contributed by atoms with Gasteiger partial charge in [-0.15, -0.1) is 0 Å². The molecule has 14 heavy (non-hydrogen) atoms. The third-order valence-corrected chi connectivity index (χ3v) is 2.80. The van der Waals surface area contributed by atoms with Crippen LogP contribution >= 0.6 is 0 Å². The number of aromatic nitrogens is 3. The molecule has 0 aliphatic heterocycles.